The third kappa shape index (κ3) is 3.60. The van der Waals surface area contributed by atoms with Gasteiger partial charge in [-0.1, -0.05) is 20.3 Å². The molecule has 1 heterocycles. The van der Waals surface area contributed by atoms with E-state index in [4.69, 9.17) is 5.73 Å². The van der Waals surface area contributed by atoms with Gasteiger partial charge >= 0.3 is 0 Å². The Kier molecular flexibility index (Phi) is 4.71. The van der Waals surface area contributed by atoms with Gasteiger partial charge in [0, 0.05) is 11.6 Å². The van der Waals surface area contributed by atoms with E-state index < -0.39 is 6.04 Å². The molecule has 0 aliphatic carbocycles. The topological polar surface area (TPSA) is 68.0 Å². The highest BCUT2D eigenvalue weighted by atomic mass is 32.1. The molecular formula is C10H17N3OS. The highest BCUT2D eigenvalue weighted by Gasteiger charge is 2.18. The standard InChI is InChI=1S/C10H17N3OS/c1-3-7(2)9(11)10(14)13-6-8-12-4-5-15-8/h4-5,7,9H,3,6,11H2,1-2H3,(H,13,14)/t7-,9-/m0/s1. The first-order chi connectivity index (χ1) is 7.15. The van der Waals surface area contributed by atoms with E-state index in [-0.39, 0.29) is 11.8 Å². The molecule has 0 aliphatic heterocycles. The van der Waals surface area contributed by atoms with Crippen molar-refractivity contribution in [3.8, 4) is 0 Å². The van der Waals surface area contributed by atoms with Crippen LogP contribution in [-0.4, -0.2) is 16.9 Å². The molecule has 1 amide bonds. The molecule has 0 aromatic carbocycles. The lowest BCUT2D eigenvalue weighted by molar-refractivity contribution is -0.123. The Hall–Kier alpha value is -0.940. The number of carbonyl (C=O) groups excluding carboxylic acids is 1. The van der Waals surface area contributed by atoms with Crippen LogP contribution in [0, 0.1) is 5.92 Å². The first-order valence-electron chi connectivity index (χ1n) is 5.06. The van der Waals surface area contributed by atoms with Crippen LogP contribution in [0.2, 0.25) is 0 Å². The second-order valence-corrected chi connectivity index (χ2v) is 4.53. The van der Waals surface area contributed by atoms with Crippen LogP contribution in [0.1, 0.15) is 25.3 Å². The van der Waals surface area contributed by atoms with Gasteiger partial charge in [-0.25, -0.2) is 4.98 Å². The zero-order valence-corrected chi connectivity index (χ0v) is 9.88. The number of amides is 1. The van der Waals surface area contributed by atoms with Gasteiger partial charge in [0.05, 0.1) is 12.6 Å². The van der Waals surface area contributed by atoms with E-state index in [1.165, 1.54) is 11.3 Å². The summed E-state index contributed by atoms with van der Waals surface area (Å²) in [6.45, 7) is 4.48. The van der Waals surface area contributed by atoms with Gasteiger partial charge in [0.2, 0.25) is 5.91 Å². The zero-order chi connectivity index (χ0) is 11.3. The normalized spacial score (nSPS) is 14.6. The van der Waals surface area contributed by atoms with E-state index in [0.29, 0.717) is 6.54 Å². The van der Waals surface area contributed by atoms with Gasteiger partial charge in [0.1, 0.15) is 5.01 Å². The summed E-state index contributed by atoms with van der Waals surface area (Å²) in [5.74, 6) is 0.112. The minimum absolute atomic E-state index is 0.0976. The molecule has 0 unspecified atom stereocenters. The third-order valence-electron chi connectivity index (χ3n) is 2.46. The van der Waals surface area contributed by atoms with Crippen molar-refractivity contribution in [2.75, 3.05) is 0 Å². The molecule has 1 rings (SSSR count). The number of nitrogens with zero attached hydrogens (tertiary/aromatic N) is 1. The van der Waals surface area contributed by atoms with Crippen LogP contribution < -0.4 is 11.1 Å². The van der Waals surface area contributed by atoms with Crippen molar-refractivity contribution < 1.29 is 4.79 Å². The van der Waals surface area contributed by atoms with E-state index in [0.717, 1.165) is 11.4 Å². The third-order valence-corrected chi connectivity index (χ3v) is 3.24. The number of aromatic nitrogens is 1. The molecule has 0 aliphatic rings. The minimum atomic E-state index is -0.421. The molecule has 0 fully saturated rings. The lowest BCUT2D eigenvalue weighted by Gasteiger charge is -2.17. The predicted molar refractivity (Wildman–Crippen MR) is 61.4 cm³/mol. The Balaban J connectivity index is 2.36. The summed E-state index contributed by atoms with van der Waals surface area (Å²) < 4.78 is 0. The van der Waals surface area contributed by atoms with Crippen LogP contribution in [0.15, 0.2) is 11.6 Å². The molecule has 15 heavy (non-hydrogen) atoms. The first kappa shape index (κ1) is 12.1. The van der Waals surface area contributed by atoms with E-state index in [9.17, 15) is 4.79 Å². The van der Waals surface area contributed by atoms with Gasteiger partial charge in [-0.3, -0.25) is 4.79 Å². The summed E-state index contributed by atoms with van der Waals surface area (Å²) in [5.41, 5.74) is 5.78. The van der Waals surface area contributed by atoms with Crippen molar-refractivity contribution in [3.05, 3.63) is 16.6 Å². The molecule has 0 bridgehead atoms. The van der Waals surface area contributed by atoms with Gasteiger partial charge in [0.15, 0.2) is 0 Å². The van der Waals surface area contributed by atoms with Crippen molar-refractivity contribution >= 4 is 17.2 Å². The van der Waals surface area contributed by atoms with Crippen LogP contribution in [0.4, 0.5) is 0 Å². The first-order valence-corrected chi connectivity index (χ1v) is 5.94. The quantitative estimate of drug-likeness (QED) is 0.792. The number of hydrogen-bond donors (Lipinski definition) is 2. The molecule has 5 heteroatoms. The van der Waals surface area contributed by atoms with Crippen LogP contribution in [0.25, 0.3) is 0 Å². The number of carbonyl (C=O) groups is 1. The Morgan fingerprint density at radius 1 is 1.73 bits per heavy atom. The smallest absolute Gasteiger partial charge is 0.237 e. The Labute approximate surface area is 93.9 Å². The fraction of sp³-hybridized carbons (Fsp3) is 0.600. The van der Waals surface area contributed by atoms with Gasteiger partial charge in [-0.15, -0.1) is 11.3 Å². The summed E-state index contributed by atoms with van der Waals surface area (Å²) in [6.07, 6.45) is 2.63. The van der Waals surface area contributed by atoms with Crippen molar-refractivity contribution in [1.29, 1.82) is 0 Å². The number of rotatable bonds is 5. The van der Waals surface area contributed by atoms with Crippen LogP contribution >= 0.6 is 11.3 Å². The largest absolute Gasteiger partial charge is 0.348 e. The lowest BCUT2D eigenvalue weighted by Crippen LogP contribution is -2.44. The average Bonchev–Trinajstić information content (AvgIpc) is 2.76. The van der Waals surface area contributed by atoms with E-state index >= 15 is 0 Å². The zero-order valence-electron chi connectivity index (χ0n) is 9.06. The molecule has 1 aromatic rings. The number of hydrogen-bond acceptors (Lipinski definition) is 4. The summed E-state index contributed by atoms with van der Waals surface area (Å²) in [7, 11) is 0. The minimum Gasteiger partial charge on any atom is -0.348 e. The van der Waals surface area contributed by atoms with Crippen LogP contribution in [0.5, 0.6) is 0 Å². The second-order valence-electron chi connectivity index (χ2n) is 3.55. The summed E-state index contributed by atoms with van der Waals surface area (Å²) in [6, 6.07) is -0.421. The maximum atomic E-state index is 11.6. The van der Waals surface area contributed by atoms with Crippen molar-refractivity contribution in [1.82, 2.24) is 10.3 Å². The fourth-order valence-corrected chi connectivity index (χ4v) is 1.69. The summed E-state index contributed by atoms with van der Waals surface area (Å²) in [4.78, 5) is 15.7. The molecule has 0 radical (unpaired) electrons. The van der Waals surface area contributed by atoms with E-state index in [1.54, 1.807) is 6.20 Å². The summed E-state index contributed by atoms with van der Waals surface area (Å²) >= 11 is 1.52. The molecule has 0 spiro atoms. The predicted octanol–water partition coefficient (Wildman–Crippen LogP) is 1.13. The molecule has 0 saturated heterocycles. The van der Waals surface area contributed by atoms with E-state index in [1.807, 2.05) is 19.2 Å². The SMILES string of the molecule is CC[C@H](C)[C@H](N)C(=O)NCc1nccs1. The highest BCUT2D eigenvalue weighted by Crippen LogP contribution is 2.06. The maximum Gasteiger partial charge on any atom is 0.237 e. The Morgan fingerprint density at radius 3 is 3.00 bits per heavy atom. The number of nitrogens with two attached hydrogens (primary N) is 1. The monoisotopic (exact) mass is 227 g/mol. The number of nitrogens with one attached hydrogen (secondary N) is 1. The molecule has 3 N–H and O–H groups in total. The van der Waals surface area contributed by atoms with Gasteiger partial charge in [-0.05, 0) is 5.92 Å². The molecular weight excluding hydrogens is 210 g/mol. The van der Waals surface area contributed by atoms with Crippen LogP contribution in [0.3, 0.4) is 0 Å². The highest BCUT2D eigenvalue weighted by molar-refractivity contribution is 7.09. The lowest BCUT2D eigenvalue weighted by atomic mass is 9.99. The van der Waals surface area contributed by atoms with Crippen molar-refractivity contribution in [2.24, 2.45) is 11.7 Å². The molecule has 1 aromatic heterocycles. The van der Waals surface area contributed by atoms with Crippen molar-refractivity contribution in [2.45, 2.75) is 32.9 Å². The Bertz CT molecular complexity index is 300. The molecule has 0 saturated carbocycles. The molecule has 2 atom stereocenters. The van der Waals surface area contributed by atoms with E-state index in [2.05, 4.69) is 10.3 Å². The average molecular weight is 227 g/mol. The molecule has 84 valence electrons. The van der Waals surface area contributed by atoms with Crippen molar-refractivity contribution in [3.63, 3.8) is 0 Å². The van der Waals surface area contributed by atoms with Gasteiger partial charge < -0.3 is 11.1 Å². The van der Waals surface area contributed by atoms with Gasteiger partial charge in [0.25, 0.3) is 0 Å². The summed E-state index contributed by atoms with van der Waals surface area (Å²) in [5, 5.41) is 5.57. The van der Waals surface area contributed by atoms with Crippen LogP contribution in [-0.2, 0) is 11.3 Å². The Morgan fingerprint density at radius 2 is 2.47 bits per heavy atom. The number of thiazole rings is 1. The van der Waals surface area contributed by atoms with Gasteiger partial charge in [-0.2, -0.15) is 0 Å². The molecule has 4 nitrogen and oxygen atoms in total. The fourth-order valence-electron chi connectivity index (χ4n) is 1.13. The second kappa shape index (κ2) is 5.82. The maximum absolute atomic E-state index is 11.6.